The summed E-state index contributed by atoms with van der Waals surface area (Å²) in [6, 6.07) is 10.2. The Kier molecular flexibility index (Phi) is 9.92. The van der Waals surface area contributed by atoms with Gasteiger partial charge in [-0.15, -0.1) is 0 Å². The summed E-state index contributed by atoms with van der Waals surface area (Å²) < 4.78 is 10.5. The lowest BCUT2D eigenvalue weighted by atomic mass is 9.92. The standard InChI is InChI=1S/C29H41N3O6/c1-18-10-11-19(2)22(16-18)24(25(34)30-20-12-14-21(37-9)15-13-20)32(28(3,4)5)26(35)23(17-33)31-27(36)38-29(6,7)8/h10-16,23-24,33H,17H2,1-9H3,(H,30,34)(H,31,36). The first-order valence-corrected chi connectivity index (χ1v) is 12.5. The first-order valence-electron chi connectivity index (χ1n) is 12.5. The second-order valence-corrected chi connectivity index (χ2v) is 11.2. The molecule has 0 aromatic heterocycles. The molecule has 2 rings (SSSR count). The van der Waals surface area contributed by atoms with Crippen molar-refractivity contribution in [2.45, 2.75) is 78.6 Å². The summed E-state index contributed by atoms with van der Waals surface area (Å²) in [6.45, 7) is 13.6. The quantitative estimate of drug-likeness (QED) is 0.465. The van der Waals surface area contributed by atoms with E-state index in [9.17, 15) is 19.5 Å². The Morgan fingerprint density at radius 2 is 1.58 bits per heavy atom. The highest BCUT2D eigenvalue weighted by molar-refractivity contribution is 5.99. The zero-order valence-corrected chi connectivity index (χ0v) is 23.8. The number of amides is 3. The third kappa shape index (κ3) is 8.21. The van der Waals surface area contributed by atoms with Gasteiger partial charge in [0.15, 0.2) is 0 Å². The van der Waals surface area contributed by atoms with Crippen LogP contribution in [-0.4, -0.2) is 58.8 Å². The third-order valence-corrected chi connectivity index (χ3v) is 5.73. The van der Waals surface area contributed by atoms with E-state index >= 15 is 0 Å². The van der Waals surface area contributed by atoms with Crippen LogP contribution < -0.4 is 15.4 Å². The molecule has 2 aromatic carbocycles. The molecule has 9 nitrogen and oxygen atoms in total. The number of aliphatic hydroxyl groups excluding tert-OH is 1. The fourth-order valence-electron chi connectivity index (χ4n) is 3.99. The third-order valence-electron chi connectivity index (χ3n) is 5.73. The first kappa shape index (κ1) is 30.6. The highest BCUT2D eigenvalue weighted by atomic mass is 16.6. The number of ether oxygens (including phenoxy) is 2. The van der Waals surface area contributed by atoms with Gasteiger partial charge >= 0.3 is 6.09 Å². The van der Waals surface area contributed by atoms with Crippen LogP contribution in [-0.2, 0) is 14.3 Å². The van der Waals surface area contributed by atoms with Gasteiger partial charge in [0.1, 0.15) is 23.4 Å². The fraction of sp³-hybridized carbons (Fsp3) is 0.483. The van der Waals surface area contributed by atoms with Crippen LogP contribution in [0.4, 0.5) is 10.5 Å². The van der Waals surface area contributed by atoms with E-state index in [1.807, 2.05) is 32.0 Å². The largest absolute Gasteiger partial charge is 0.497 e. The molecule has 0 saturated carbocycles. The molecule has 9 heteroatoms. The van der Waals surface area contributed by atoms with Gasteiger partial charge in [0, 0.05) is 11.2 Å². The van der Waals surface area contributed by atoms with Crippen molar-refractivity contribution in [2.24, 2.45) is 0 Å². The van der Waals surface area contributed by atoms with Gasteiger partial charge in [-0.3, -0.25) is 9.59 Å². The van der Waals surface area contributed by atoms with Crippen LogP contribution in [0.15, 0.2) is 42.5 Å². The minimum absolute atomic E-state index is 0.443. The van der Waals surface area contributed by atoms with Gasteiger partial charge in [0.25, 0.3) is 5.91 Å². The summed E-state index contributed by atoms with van der Waals surface area (Å²) in [6.07, 6.45) is -0.843. The smallest absolute Gasteiger partial charge is 0.408 e. The summed E-state index contributed by atoms with van der Waals surface area (Å²) in [5.74, 6) is -0.428. The maximum atomic E-state index is 14.0. The van der Waals surface area contributed by atoms with Crippen LogP contribution in [0.2, 0.25) is 0 Å². The topological polar surface area (TPSA) is 117 Å². The molecule has 208 valence electrons. The number of methoxy groups -OCH3 is 1. The SMILES string of the molecule is COc1ccc(NC(=O)C(c2cc(C)ccc2C)N(C(=O)C(CO)NC(=O)OC(C)(C)C)C(C)(C)C)cc1. The summed E-state index contributed by atoms with van der Waals surface area (Å²) in [7, 11) is 1.56. The minimum Gasteiger partial charge on any atom is -0.497 e. The average molecular weight is 528 g/mol. The van der Waals surface area contributed by atoms with Gasteiger partial charge in [0.05, 0.1) is 13.7 Å². The number of nitrogens with one attached hydrogen (secondary N) is 2. The monoisotopic (exact) mass is 527 g/mol. The van der Waals surface area contributed by atoms with E-state index < -0.39 is 47.7 Å². The van der Waals surface area contributed by atoms with Crippen LogP contribution in [0, 0.1) is 13.8 Å². The predicted octanol–water partition coefficient (Wildman–Crippen LogP) is 4.50. The number of rotatable bonds is 8. The molecular weight excluding hydrogens is 486 g/mol. The molecule has 2 aromatic rings. The number of benzene rings is 2. The first-order chi connectivity index (χ1) is 17.6. The van der Waals surface area contributed by atoms with Gasteiger partial charge < -0.3 is 30.1 Å². The lowest BCUT2D eigenvalue weighted by Crippen LogP contribution is -2.59. The highest BCUT2D eigenvalue weighted by Crippen LogP contribution is 2.33. The molecule has 0 spiro atoms. The summed E-state index contributed by atoms with van der Waals surface area (Å²) in [5, 5.41) is 15.5. The van der Waals surface area contributed by atoms with Crippen LogP contribution in [0.3, 0.4) is 0 Å². The molecule has 0 saturated heterocycles. The van der Waals surface area contributed by atoms with Crippen LogP contribution in [0.25, 0.3) is 0 Å². The van der Waals surface area contributed by atoms with E-state index in [0.717, 1.165) is 11.1 Å². The average Bonchev–Trinajstić information content (AvgIpc) is 2.80. The van der Waals surface area contributed by atoms with E-state index in [1.54, 1.807) is 72.9 Å². The maximum Gasteiger partial charge on any atom is 0.408 e. The van der Waals surface area contributed by atoms with Crippen molar-refractivity contribution in [1.82, 2.24) is 10.2 Å². The minimum atomic E-state index is -1.33. The van der Waals surface area contributed by atoms with Gasteiger partial charge in [0.2, 0.25) is 5.91 Å². The molecule has 3 N–H and O–H groups in total. The molecule has 0 aliphatic carbocycles. The zero-order chi connectivity index (χ0) is 28.8. The Labute approximate surface area is 225 Å². The lowest BCUT2D eigenvalue weighted by molar-refractivity contribution is -0.147. The summed E-state index contributed by atoms with van der Waals surface area (Å²) >= 11 is 0. The van der Waals surface area contributed by atoms with Crippen molar-refractivity contribution in [3.8, 4) is 5.75 Å². The van der Waals surface area contributed by atoms with E-state index in [0.29, 0.717) is 17.0 Å². The lowest BCUT2D eigenvalue weighted by Gasteiger charge is -2.43. The number of aliphatic hydroxyl groups is 1. The molecule has 38 heavy (non-hydrogen) atoms. The van der Waals surface area contributed by atoms with Crippen molar-refractivity contribution in [2.75, 3.05) is 19.0 Å². The Balaban J connectivity index is 2.57. The number of hydrogen-bond acceptors (Lipinski definition) is 6. The molecule has 0 bridgehead atoms. The Hall–Kier alpha value is -3.59. The van der Waals surface area contributed by atoms with Crippen LogP contribution in [0.1, 0.15) is 64.3 Å². The molecule has 2 unspecified atom stereocenters. The van der Waals surface area contributed by atoms with Crippen molar-refractivity contribution >= 4 is 23.6 Å². The second-order valence-electron chi connectivity index (χ2n) is 11.2. The van der Waals surface area contributed by atoms with E-state index in [4.69, 9.17) is 9.47 Å². The number of carbonyl (C=O) groups is 3. The second kappa shape index (κ2) is 12.3. The number of carbonyl (C=O) groups excluding carboxylic acids is 3. The van der Waals surface area contributed by atoms with Gasteiger partial charge in [-0.25, -0.2) is 4.79 Å². The molecule has 0 aliphatic heterocycles. The van der Waals surface area contributed by atoms with Gasteiger partial charge in [-0.05, 0) is 90.8 Å². The van der Waals surface area contributed by atoms with Crippen molar-refractivity contribution in [3.63, 3.8) is 0 Å². The Bertz CT molecular complexity index is 1130. The Morgan fingerprint density at radius 3 is 2.08 bits per heavy atom. The molecule has 0 aliphatic rings. The maximum absolute atomic E-state index is 14.0. The number of aryl methyl sites for hydroxylation is 2. The van der Waals surface area contributed by atoms with Crippen LogP contribution in [0.5, 0.6) is 5.75 Å². The molecule has 0 fully saturated rings. The highest BCUT2D eigenvalue weighted by Gasteiger charge is 2.42. The molecule has 2 atom stereocenters. The normalized spacial score (nSPS) is 13.2. The van der Waals surface area contributed by atoms with E-state index in [-0.39, 0.29) is 0 Å². The summed E-state index contributed by atoms with van der Waals surface area (Å²) in [5.41, 5.74) is 1.22. The number of hydrogen-bond donors (Lipinski definition) is 3. The molecule has 0 radical (unpaired) electrons. The molecule has 3 amide bonds. The van der Waals surface area contributed by atoms with E-state index in [1.165, 1.54) is 4.90 Å². The Morgan fingerprint density at radius 1 is 0.974 bits per heavy atom. The molecule has 0 heterocycles. The van der Waals surface area contributed by atoms with Crippen molar-refractivity contribution in [1.29, 1.82) is 0 Å². The molecular formula is C29H41N3O6. The van der Waals surface area contributed by atoms with Crippen molar-refractivity contribution in [3.05, 3.63) is 59.2 Å². The van der Waals surface area contributed by atoms with Gasteiger partial charge in [-0.2, -0.15) is 0 Å². The zero-order valence-electron chi connectivity index (χ0n) is 23.8. The number of anilines is 1. The van der Waals surface area contributed by atoms with Gasteiger partial charge in [-0.1, -0.05) is 23.8 Å². The van der Waals surface area contributed by atoms with E-state index in [2.05, 4.69) is 10.6 Å². The predicted molar refractivity (Wildman–Crippen MR) is 147 cm³/mol. The summed E-state index contributed by atoms with van der Waals surface area (Å²) in [4.78, 5) is 41.8. The fourth-order valence-corrected chi connectivity index (χ4v) is 3.99. The number of alkyl carbamates (subject to hydrolysis) is 1. The number of nitrogens with zero attached hydrogens (tertiary/aromatic N) is 1. The van der Waals surface area contributed by atoms with Crippen molar-refractivity contribution < 1.29 is 29.0 Å². The van der Waals surface area contributed by atoms with Crippen LogP contribution >= 0.6 is 0 Å².